The minimum atomic E-state index is 1.33. The van der Waals surface area contributed by atoms with Gasteiger partial charge in [0.1, 0.15) is 0 Å². The number of rotatable bonds is 0. The molecule has 2 rings (SSSR count). The van der Waals surface area contributed by atoms with Gasteiger partial charge >= 0.3 is 0 Å². The van der Waals surface area contributed by atoms with E-state index in [9.17, 15) is 0 Å². The predicted octanol–water partition coefficient (Wildman–Crippen LogP) is 4.17. The average molecular weight is 172 g/mol. The highest BCUT2D eigenvalue weighted by Crippen LogP contribution is 2.16. The highest BCUT2D eigenvalue weighted by molar-refractivity contribution is 5.85. The summed E-state index contributed by atoms with van der Waals surface area (Å²) in [4.78, 5) is 0. The fourth-order valence-corrected chi connectivity index (χ4v) is 1.39. The maximum atomic E-state index is 2.16. The van der Waals surface area contributed by atoms with Crippen LogP contribution in [0.2, 0.25) is 0 Å². The molecule has 0 spiro atoms. The van der Waals surface area contributed by atoms with Crippen molar-refractivity contribution < 1.29 is 0 Å². The number of aryl methyl sites for hydroxylation is 1. The van der Waals surface area contributed by atoms with E-state index < -0.39 is 0 Å². The van der Waals surface area contributed by atoms with Crippen LogP contribution in [0.15, 0.2) is 42.5 Å². The Morgan fingerprint density at radius 1 is 0.769 bits per heavy atom. The van der Waals surface area contributed by atoms with Crippen molar-refractivity contribution in [1.82, 2.24) is 0 Å². The summed E-state index contributed by atoms with van der Waals surface area (Å²) in [6.45, 7) is 6.14. The molecule has 0 unspecified atom stereocenters. The summed E-state index contributed by atoms with van der Waals surface area (Å²) in [5.41, 5.74) is 1.35. The molecule has 0 heteroatoms. The molecular formula is C13H16. The van der Waals surface area contributed by atoms with Crippen LogP contribution in [0.25, 0.3) is 10.8 Å². The predicted molar refractivity (Wildman–Crippen MR) is 60.0 cm³/mol. The Morgan fingerprint density at radius 2 is 1.38 bits per heavy atom. The van der Waals surface area contributed by atoms with Gasteiger partial charge in [0.25, 0.3) is 0 Å². The molecule has 0 amide bonds. The number of hydrogen-bond acceptors (Lipinski definition) is 0. The molecule has 0 fully saturated rings. The zero-order chi connectivity index (χ0) is 9.68. The van der Waals surface area contributed by atoms with Crippen LogP contribution in [-0.2, 0) is 0 Å². The van der Waals surface area contributed by atoms with Gasteiger partial charge in [-0.1, -0.05) is 56.3 Å². The lowest BCUT2D eigenvalue weighted by atomic mass is 10.1. The second kappa shape index (κ2) is 4.66. The molecule has 0 aliphatic heterocycles. The molecule has 0 aliphatic carbocycles. The van der Waals surface area contributed by atoms with Crippen molar-refractivity contribution in [2.24, 2.45) is 0 Å². The van der Waals surface area contributed by atoms with Crippen LogP contribution in [0, 0.1) is 6.92 Å². The SMILES string of the molecule is CC.Cc1cccc2ccccc12. The Balaban J connectivity index is 0.000000396. The van der Waals surface area contributed by atoms with Gasteiger partial charge in [-0.05, 0) is 23.3 Å². The summed E-state index contributed by atoms with van der Waals surface area (Å²) in [5, 5.41) is 2.68. The van der Waals surface area contributed by atoms with E-state index in [1.165, 1.54) is 16.3 Å². The molecule has 0 heterocycles. The van der Waals surface area contributed by atoms with Gasteiger partial charge in [-0.3, -0.25) is 0 Å². The van der Waals surface area contributed by atoms with Crippen molar-refractivity contribution in [2.45, 2.75) is 20.8 Å². The van der Waals surface area contributed by atoms with Crippen LogP contribution in [0.5, 0.6) is 0 Å². The van der Waals surface area contributed by atoms with Gasteiger partial charge in [-0.15, -0.1) is 0 Å². The van der Waals surface area contributed by atoms with E-state index in [0.29, 0.717) is 0 Å². The highest BCUT2D eigenvalue weighted by Gasteiger charge is 1.91. The Kier molecular flexibility index (Phi) is 3.51. The Labute approximate surface area is 80.2 Å². The molecule has 0 saturated carbocycles. The first-order valence-electron chi connectivity index (χ1n) is 4.82. The lowest BCUT2D eigenvalue weighted by molar-refractivity contribution is 1.50. The Morgan fingerprint density at radius 3 is 2.08 bits per heavy atom. The summed E-state index contributed by atoms with van der Waals surface area (Å²) in [7, 11) is 0. The zero-order valence-electron chi connectivity index (χ0n) is 8.54. The molecule has 13 heavy (non-hydrogen) atoms. The summed E-state index contributed by atoms with van der Waals surface area (Å²) in [5.74, 6) is 0. The number of benzene rings is 2. The van der Waals surface area contributed by atoms with E-state index in [-0.39, 0.29) is 0 Å². The van der Waals surface area contributed by atoms with Crippen molar-refractivity contribution in [1.29, 1.82) is 0 Å². The normalized spacial score (nSPS) is 9.15. The molecule has 68 valence electrons. The summed E-state index contributed by atoms with van der Waals surface area (Å²) < 4.78 is 0. The van der Waals surface area contributed by atoms with Gasteiger partial charge in [0.05, 0.1) is 0 Å². The number of fused-ring (bicyclic) bond motifs is 1. The van der Waals surface area contributed by atoms with Gasteiger partial charge in [-0.25, -0.2) is 0 Å². The van der Waals surface area contributed by atoms with Gasteiger partial charge in [0.2, 0.25) is 0 Å². The molecule has 0 nitrogen and oxygen atoms in total. The fraction of sp³-hybridized carbons (Fsp3) is 0.231. The van der Waals surface area contributed by atoms with E-state index in [0.717, 1.165) is 0 Å². The third-order valence-electron chi connectivity index (χ3n) is 2.01. The van der Waals surface area contributed by atoms with Crippen molar-refractivity contribution in [2.75, 3.05) is 0 Å². The first-order chi connectivity index (χ1) is 6.38. The van der Waals surface area contributed by atoms with Crippen LogP contribution in [-0.4, -0.2) is 0 Å². The minimum Gasteiger partial charge on any atom is -0.0683 e. The van der Waals surface area contributed by atoms with Gasteiger partial charge in [0.15, 0.2) is 0 Å². The fourth-order valence-electron chi connectivity index (χ4n) is 1.39. The average Bonchev–Trinajstić information content (AvgIpc) is 2.22. The molecule has 0 saturated heterocycles. The Bertz CT molecular complexity index is 369. The van der Waals surface area contributed by atoms with Crippen molar-refractivity contribution in [3.63, 3.8) is 0 Å². The van der Waals surface area contributed by atoms with Crippen LogP contribution >= 0.6 is 0 Å². The minimum absolute atomic E-state index is 1.33. The topological polar surface area (TPSA) is 0 Å². The van der Waals surface area contributed by atoms with Crippen LogP contribution in [0.3, 0.4) is 0 Å². The second-order valence-corrected chi connectivity index (χ2v) is 2.80. The second-order valence-electron chi connectivity index (χ2n) is 2.80. The molecule has 0 atom stereocenters. The van der Waals surface area contributed by atoms with Crippen molar-refractivity contribution in [3.8, 4) is 0 Å². The lowest BCUT2D eigenvalue weighted by Crippen LogP contribution is -1.75. The van der Waals surface area contributed by atoms with Gasteiger partial charge in [-0.2, -0.15) is 0 Å². The summed E-state index contributed by atoms with van der Waals surface area (Å²) >= 11 is 0. The van der Waals surface area contributed by atoms with Crippen LogP contribution in [0.4, 0.5) is 0 Å². The zero-order valence-corrected chi connectivity index (χ0v) is 8.54. The summed E-state index contributed by atoms with van der Waals surface area (Å²) in [6, 6.07) is 14.8. The van der Waals surface area contributed by atoms with E-state index in [2.05, 4.69) is 49.4 Å². The first kappa shape index (κ1) is 9.79. The van der Waals surface area contributed by atoms with Crippen LogP contribution < -0.4 is 0 Å². The van der Waals surface area contributed by atoms with E-state index in [1.807, 2.05) is 13.8 Å². The monoisotopic (exact) mass is 172 g/mol. The van der Waals surface area contributed by atoms with E-state index in [1.54, 1.807) is 0 Å². The molecule has 0 radical (unpaired) electrons. The van der Waals surface area contributed by atoms with Crippen molar-refractivity contribution in [3.05, 3.63) is 48.0 Å². The maximum Gasteiger partial charge on any atom is -0.0155 e. The van der Waals surface area contributed by atoms with Gasteiger partial charge in [0, 0.05) is 0 Å². The quantitative estimate of drug-likeness (QED) is 0.559. The van der Waals surface area contributed by atoms with E-state index in [4.69, 9.17) is 0 Å². The number of hydrogen-bond donors (Lipinski definition) is 0. The highest BCUT2D eigenvalue weighted by atomic mass is 14.0. The molecule has 0 aliphatic rings. The first-order valence-corrected chi connectivity index (χ1v) is 4.82. The largest absolute Gasteiger partial charge is 0.0683 e. The maximum absolute atomic E-state index is 2.16. The molecule has 0 bridgehead atoms. The Hall–Kier alpha value is -1.30. The van der Waals surface area contributed by atoms with Gasteiger partial charge < -0.3 is 0 Å². The molecule has 0 aromatic heterocycles. The third kappa shape index (κ3) is 2.09. The van der Waals surface area contributed by atoms with Crippen molar-refractivity contribution >= 4 is 10.8 Å². The molecular weight excluding hydrogens is 156 g/mol. The molecule has 2 aromatic carbocycles. The third-order valence-corrected chi connectivity index (χ3v) is 2.01. The molecule has 0 N–H and O–H groups in total. The standard InChI is InChI=1S/C11H10.C2H6/c1-9-5-4-7-10-6-2-3-8-11(9)10;1-2/h2-8H,1H3;1-2H3. The summed E-state index contributed by atoms with van der Waals surface area (Å²) in [6.07, 6.45) is 0. The lowest BCUT2D eigenvalue weighted by Gasteiger charge is -1.98. The van der Waals surface area contributed by atoms with E-state index >= 15 is 0 Å². The van der Waals surface area contributed by atoms with Crippen LogP contribution in [0.1, 0.15) is 19.4 Å². The smallest absolute Gasteiger partial charge is 0.0155 e. The molecule has 2 aromatic rings.